The number of benzene rings is 2. The molecule has 3 aromatic rings. The van der Waals surface area contributed by atoms with E-state index in [9.17, 15) is 4.79 Å². The number of imidazole rings is 1. The molecule has 1 heterocycles. The molecular formula is C21H25N3O3. The Morgan fingerprint density at radius 3 is 2.59 bits per heavy atom. The Kier molecular flexibility index (Phi) is 6.73. The molecule has 27 heavy (non-hydrogen) atoms. The van der Waals surface area contributed by atoms with Crippen LogP contribution in [0.4, 0.5) is 5.69 Å². The average molecular weight is 367 g/mol. The van der Waals surface area contributed by atoms with Crippen LogP contribution in [0, 0.1) is 6.92 Å². The lowest BCUT2D eigenvalue weighted by Crippen LogP contribution is -2.14. The minimum Gasteiger partial charge on any atom is -0.496 e. The molecule has 0 saturated heterocycles. The lowest BCUT2D eigenvalue weighted by atomic mass is 10.1. The molecule has 1 aromatic heterocycles. The number of rotatable bonds is 6. The first kappa shape index (κ1) is 20.2. The molecule has 1 unspecified atom stereocenters. The fourth-order valence-electron chi connectivity index (χ4n) is 2.88. The SMILES string of the molecule is COc1cc(CC(=O)Nc2ccc(C(C)n3ccnc3)cc2)ccc1C.O. The normalized spacial score (nSPS) is 11.4. The fraction of sp³-hybridized carbons (Fsp3) is 0.238. The van der Waals surface area contributed by atoms with Crippen molar-refractivity contribution in [1.29, 1.82) is 0 Å². The van der Waals surface area contributed by atoms with E-state index >= 15 is 0 Å². The smallest absolute Gasteiger partial charge is 0.228 e. The number of aryl methyl sites for hydroxylation is 1. The predicted molar refractivity (Wildman–Crippen MR) is 106 cm³/mol. The Labute approximate surface area is 159 Å². The van der Waals surface area contributed by atoms with Crippen molar-refractivity contribution in [1.82, 2.24) is 9.55 Å². The van der Waals surface area contributed by atoms with Gasteiger partial charge in [-0.1, -0.05) is 24.3 Å². The maximum absolute atomic E-state index is 12.3. The van der Waals surface area contributed by atoms with Crippen LogP contribution in [0.1, 0.15) is 29.7 Å². The Balaban J connectivity index is 0.00000261. The standard InChI is InChI=1S/C21H23N3O2.H2O/c1-15-4-5-17(12-20(15)26-3)13-21(25)23-19-8-6-18(7-9-19)16(2)24-11-10-22-14-24;/h4-12,14,16H,13H2,1-3H3,(H,23,25);1H2. The monoisotopic (exact) mass is 367 g/mol. The number of carbonyl (C=O) groups is 1. The Morgan fingerprint density at radius 1 is 1.22 bits per heavy atom. The minimum atomic E-state index is -0.0497. The van der Waals surface area contributed by atoms with Crippen molar-refractivity contribution in [2.75, 3.05) is 12.4 Å². The van der Waals surface area contributed by atoms with Gasteiger partial charge in [-0.05, 0) is 48.7 Å². The third-order valence-corrected chi connectivity index (χ3v) is 4.49. The number of ether oxygens (including phenoxy) is 1. The van der Waals surface area contributed by atoms with Gasteiger partial charge >= 0.3 is 0 Å². The van der Waals surface area contributed by atoms with Gasteiger partial charge in [0.25, 0.3) is 0 Å². The molecule has 1 amide bonds. The molecule has 2 aromatic carbocycles. The molecule has 0 saturated carbocycles. The van der Waals surface area contributed by atoms with Crippen molar-refractivity contribution >= 4 is 11.6 Å². The first-order valence-corrected chi connectivity index (χ1v) is 8.57. The van der Waals surface area contributed by atoms with Gasteiger partial charge < -0.3 is 20.1 Å². The van der Waals surface area contributed by atoms with E-state index in [1.807, 2.05) is 60.2 Å². The minimum absolute atomic E-state index is 0. The van der Waals surface area contributed by atoms with Crippen LogP contribution in [0.25, 0.3) is 0 Å². The Hall–Kier alpha value is -3.12. The van der Waals surface area contributed by atoms with Crippen molar-refractivity contribution in [2.45, 2.75) is 26.3 Å². The van der Waals surface area contributed by atoms with Crippen LogP contribution in [0.5, 0.6) is 5.75 Å². The molecule has 0 fully saturated rings. The van der Waals surface area contributed by atoms with Gasteiger partial charge in [0, 0.05) is 18.1 Å². The predicted octanol–water partition coefficient (Wildman–Crippen LogP) is 3.17. The Morgan fingerprint density at radius 2 is 1.96 bits per heavy atom. The summed E-state index contributed by atoms with van der Waals surface area (Å²) in [4.78, 5) is 16.4. The van der Waals surface area contributed by atoms with Crippen LogP contribution in [-0.2, 0) is 11.2 Å². The lowest BCUT2D eigenvalue weighted by molar-refractivity contribution is -0.115. The molecule has 0 aliphatic carbocycles. The molecule has 3 rings (SSSR count). The van der Waals surface area contributed by atoms with Crippen molar-refractivity contribution in [3.63, 3.8) is 0 Å². The van der Waals surface area contributed by atoms with Crippen LogP contribution in [0.3, 0.4) is 0 Å². The molecule has 1 atom stereocenters. The Bertz CT molecular complexity index is 874. The van der Waals surface area contributed by atoms with E-state index in [4.69, 9.17) is 4.74 Å². The highest BCUT2D eigenvalue weighted by atomic mass is 16.5. The van der Waals surface area contributed by atoms with Crippen LogP contribution in [-0.4, -0.2) is 28.0 Å². The largest absolute Gasteiger partial charge is 0.496 e. The van der Waals surface area contributed by atoms with Crippen molar-refractivity contribution in [2.24, 2.45) is 0 Å². The molecule has 0 bridgehead atoms. The van der Waals surface area contributed by atoms with Gasteiger partial charge in [0.1, 0.15) is 5.75 Å². The summed E-state index contributed by atoms with van der Waals surface area (Å²) in [7, 11) is 1.64. The van der Waals surface area contributed by atoms with Gasteiger partial charge in [0.2, 0.25) is 5.91 Å². The average Bonchev–Trinajstić information content (AvgIpc) is 3.18. The maximum Gasteiger partial charge on any atom is 0.228 e. The van der Waals surface area contributed by atoms with E-state index in [0.29, 0.717) is 6.42 Å². The number of nitrogens with zero attached hydrogens (tertiary/aromatic N) is 2. The zero-order valence-electron chi connectivity index (χ0n) is 15.8. The molecule has 6 nitrogen and oxygen atoms in total. The molecule has 0 spiro atoms. The van der Waals surface area contributed by atoms with E-state index in [0.717, 1.165) is 28.1 Å². The number of methoxy groups -OCH3 is 1. The van der Waals surface area contributed by atoms with Gasteiger partial charge in [0.15, 0.2) is 0 Å². The number of carbonyl (C=O) groups excluding carboxylic acids is 1. The summed E-state index contributed by atoms with van der Waals surface area (Å²) in [5.41, 5.74) is 3.93. The van der Waals surface area contributed by atoms with E-state index < -0.39 is 0 Å². The van der Waals surface area contributed by atoms with E-state index in [2.05, 4.69) is 17.2 Å². The van der Waals surface area contributed by atoms with Crippen LogP contribution in [0.15, 0.2) is 61.2 Å². The second-order valence-corrected chi connectivity index (χ2v) is 6.34. The first-order chi connectivity index (χ1) is 12.6. The summed E-state index contributed by atoms with van der Waals surface area (Å²) < 4.78 is 7.35. The van der Waals surface area contributed by atoms with E-state index in [1.165, 1.54) is 0 Å². The summed E-state index contributed by atoms with van der Waals surface area (Å²) in [5, 5.41) is 2.94. The number of hydrogen-bond acceptors (Lipinski definition) is 3. The highest BCUT2D eigenvalue weighted by Gasteiger charge is 2.09. The molecule has 6 heteroatoms. The quantitative estimate of drug-likeness (QED) is 0.726. The van der Waals surface area contributed by atoms with Crippen LogP contribution < -0.4 is 10.1 Å². The summed E-state index contributed by atoms with van der Waals surface area (Å²) in [6.45, 7) is 4.09. The summed E-state index contributed by atoms with van der Waals surface area (Å²) >= 11 is 0. The lowest BCUT2D eigenvalue weighted by Gasteiger charge is -2.14. The number of nitrogens with one attached hydrogen (secondary N) is 1. The van der Waals surface area contributed by atoms with E-state index in [1.54, 1.807) is 19.6 Å². The van der Waals surface area contributed by atoms with Gasteiger partial charge in [-0.3, -0.25) is 4.79 Å². The van der Waals surface area contributed by atoms with Crippen molar-refractivity contribution < 1.29 is 15.0 Å². The first-order valence-electron chi connectivity index (χ1n) is 8.57. The van der Waals surface area contributed by atoms with Crippen molar-refractivity contribution in [3.05, 3.63) is 77.9 Å². The molecular weight excluding hydrogens is 342 g/mol. The second-order valence-electron chi connectivity index (χ2n) is 6.34. The maximum atomic E-state index is 12.3. The van der Waals surface area contributed by atoms with Crippen LogP contribution in [0.2, 0.25) is 0 Å². The van der Waals surface area contributed by atoms with E-state index in [-0.39, 0.29) is 17.4 Å². The number of aromatic nitrogens is 2. The zero-order chi connectivity index (χ0) is 18.5. The number of hydrogen-bond donors (Lipinski definition) is 1. The number of amides is 1. The molecule has 3 N–H and O–H groups in total. The second kappa shape index (κ2) is 9.00. The van der Waals surface area contributed by atoms with Gasteiger partial charge in [-0.15, -0.1) is 0 Å². The summed E-state index contributed by atoms with van der Waals surface area (Å²) in [6.07, 6.45) is 5.82. The van der Waals surface area contributed by atoms with Crippen molar-refractivity contribution in [3.8, 4) is 5.75 Å². The molecule has 0 aliphatic heterocycles. The zero-order valence-corrected chi connectivity index (χ0v) is 15.8. The van der Waals surface area contributed by atoms with Gasteiger partial charge in [0.05, 0.1) is 25.9 Å². The molecule has 142 valence electrons. The third-order valence-electron chi connectivity index (χ3n) is 4.49. The fourth-order valence-corrected chi connectivity index (χ4v) is 2.88. The third kappa shape index (κ3) is 4.95. The van der Waals surface area contributed by atoms with Gasteiger partial charge in [-0.25, -0.2) is 4.98 Å². The molecule has 0 radical (unpaired) electrons. The topological polar surface area (TPSA) is 87.7 Å². The highest BCUT2D eigenvalue weighted by Crippen LogP contribution is 2.21. The number of anilines is 1. The highest BCUT2D eigenvalue weighted by molar-refractivity contribution is 5.92. The molecule has 0 aliphatic rings. The summed E-state index contributed by atoms with van der Waals surface area (Å²) in [6, 6.07) is 13.9. The van der Waals surface area contributed by atoms with Gasteiger partial charge in [-0.2, -0.15) is 0 Å². The summed E-state index contributed by atoms with van der Waals surface area (Å²) in [5.74, 6) is 0.749. The van der Waals surface area contributed by atoms with Crippen LogP contribution >= 0.6 is 0 Å².